The Balaban J connectivity index is 1.49. The number of hydrogen-bond donors (Lipinski definition) is 1. The van der Waals surface area contributed by atoms with E-state index in [1.54, 1.807) is 7.11 Å². The highest BCUT2D eigenvalue weighted by Crippen LogP contribution is 2.29. The Bertz CT molecular complexity index is 797. The summed E-state index contributed by atoms with van der Waals surface area (Å²) >= 11 is 0. The quantitative estimate of drug-likeness (QED) is 0.801. The summed E-state index contributed by atoms with van der Waals surface area (Å²) in [6.07, 6.45) is 1.16. The number of fused-ring (bicyclic) bond motifs is 1. The molecule has 1 N–H and O–H groups in total. The first kappa shape index (κ1) is 14.3. The lowest BCUT2D eigenvalue weighted by Crippen LogP contribution is -2.19. The number of benzene rings is 2. The first-order valence-electron chi connectivity index (χ1n) is 8.12. The van der Waals surface area contributed by atoms with Gasteiger partial charge in [-0.05, 0) is 30.7 Å². The van der Waals surface area contributed by atoms with Gasteiger partial charge in [-0.3, -0.25) is 4.90 Å². The average Bonchev–Trinajstić information content (AvgIpc) is 3.21. The highest BCUT2D eigenvalue weighted by atomic mass is 16.5. The van der Waals surface area contributed by atoms with Crippen molar-refractivity contribution in [2.24, 2.45) is 0 Å². The van der Waals surface area contributed by atoms with Crippen LogP contribution in [0.3, 0.4) is 0 Å². The summed E-state index contributed by atoms with van der Waals surface area (Å²) < 4.78 is 5.28. The topological polar surface area (TPSA) is 41.1 Å². The minimum absolute atomic E-state index is 0.483. The van der Waals surface area contributed by atoms with Gasteiger partial charge in [0, 0.05) is 25.1 Å². The van der Waals surface area contributed by atoms with Gasteiger partial charge in [0.15, 0.2) is 0 Å². The molecule has 0 radical (unpaired) electrons. The molecule has 1 fully saturated rings. The highest BCUT2D eigenvalue weighted by Gasteiger charge is 2.26. The minimum atomic E-state index is 0.483. The van der Waals surface area contributed by atoms with Crippen molar-refractivity contribution in [2.75, 3.05) is 20.2 Å². The SMILES string of the molecule is COc1ccc2nc([C@H]3CCN(Cc4ccccc4)C3)[nH]c2c1. The fourth-order valence-corrected chi connectivity index (χ4v) is 3.37. The zero-order valence-electron chi connectivity index (χ0n) is 13.3. The number of aromatic amines is 1. The van der Waals surface area contributed by atoms with Gasteiger partial charge in [-0.25, -0.2) is 4.98 Å². The van der Waals surface area contributed by atoms with Gasteiger partial charge in [0.05, 0.1) is 18.1 Å². The van der Waals surface area contributed by atoms with Crippen LogP contribution in [0.25, 0.3) is 11.0 Å². The number of imidazole rings is 1. The summed E-state index contributed by atoms with van der Waals surface area (Å²) in [6, 6.07) is 16.7. The first-order chi connectivity index (χ1) is 11.3. The molecule has 4 rings (SSSR count). The summed E-state index contributed by atoms with van der Waals surface area (Å²) in [6.45, 7) is 3.21. The fourth-order valence-electron chi connectivity index (χ4n) is 3.37. The third kappa shape index (κ3) is 2.94. The second-order valence-electron chi connectivity index (χ2n) is 6.21. The molecule has 0 spiro atoms. The molecule has 0 amide bonds. The largest absolute Gasteiger partial charge is 0.497 e. The molecule has 1 saturated heterocycles. The van der Waals surface area contributed by atoms with Crippen molar-refractivity contribution in [1.29, 1.82) is 0 Å². The maximum Gasteiger partial charge on any atom is 0.121 e. The number of nitrogens with one attached hydrogen (secondary N) is 1. The van der Waals surface area contributed by atoms with Gasteiger partial charge in [0.1, 0.15) is 11.6 Å². The number of likely N-dealkylation sites (tertiary alicyclic amines) is 1. The number of hydrogen-bond acceptors (Lipinski definition) is 3. The Kier molecular flexibility index (Phi) is 3.75. The summed E-state index contributed by atoms with van der Waals surface area (Å²) in [7, 11) is 1.69. The van der Waals surface area contributed by atoms with E-state index < -0.39 is 0 Å². The van der Waals surface area contributed by atoms with E-state index in [9.17, 15) is 0 Å². The molecule has 2 heterocycles. The first-order valence-corrected chi connectivity index (χ1v) is 8.12. The highest BCUT2D eigenvalue weighted by molar-refractivity contribution is 5.76. The van der Waals surface area contributed by atoms with Crippen LogP contribution in [0.4, 0.5) is 0 Å². The van der Waals surface area contributed by atoms with Gasteiger partial charge in [-0.15, -0.1) is 0 Å². The second-order valence-corrected chi connectivity index (χ2v) is 6.21. The maximum atomic E-state index is 5.28. The number of ether oxygens (including phenoxy) is 1. The molecule has 0 aliphatic carbocycles. The normalized spacial score (nSPS) is 18.6. The molecule has 118 valence electrons. The van der Waals surface area contributed by atoms with Crippen molar-refractivity contribution in [3.8, 4) is 5.75 Å². The van der Waals surface area contributed by atoms with Gasteiger partial charge in [-0.1, -0.05) is 30.3 Å². The van der Waals surface area contributed by atoms with Crippen LogP contribution in [-0.4, -0.2) is 35.1 Å². The van der Waals surface area contributed by atoms with Crippen molar-refractivity contribution in [2.45, 2.75) is 18.9 Å². The van der Waals surface area contributed by atoms with E-state index in [2.05, 4.69) is 40.2 Å². The van der Waals surface area contributed by atoms with Gasteiger partial charge in [0.2, 0.25) is 0 Å². The van der Waals surface area contributed by atoms with Crippen LogP contribution in [0.1, 0.15) is 23.7 Å². The Morgan fingerprint density at radius 1 is 1.22 bits per heavy atom. The monoisotopic (exact) mass is 307 g/mol. The van der Waals surface area contributed by atoms with Crippen LogP contribution in [0.15, 0.2) is 48.5 Å². The summed E-state index contributed by atoms with van der Waals surface area (Å²) in [5.41, 5.74) is 3.45. The maximum absolute atomic E-state index is 5.28. The van der Waals surface area contributed by atoms with Crippen molar-refractivity contribution in [3.63, 3.8) is 0 Å². The average molecular weight is 307 g/mol. The number of aromatic nitrogens is 2. The fraction of sp³-hybridized carbons (Fsp3) is 0.316. The minimum Gasteiger partial charge on any atom is -0.497 e. The molecule has 4 heteroatoms. The summed E-state index contributed by atoms with van der Waals surface area (Å²) in [4.78, 5) is 10.8. The molecule has 1 aliphatic rings. The zero-order valence-corrected chi connectivity index (χ0v) is 13.3. The number of rotatable bonds is 4. The Morgan fingerprint density at radius 2 is 2.09 bits per heavy atom. The van der Waals surface area contributed by atoms with E-state index in [0.717, 1.165) is 48.7 Å². The summed E-state index contributed by atoms with van der Waals surface area (Å²) in [5, 5.41) is 0. The molecular weight excluding hydrogens is 286 g/mol. The molecular formula is C19H21N3O. The van der Waals surface area contributed by atoms with Crippen molar-refractivity contribution < 1.29 is 4.74 Å². The predicted molar refractivity (Wildman–Crippen MR) is 91.7 cm³/mol. The van der Waals surface area contributed by atoms with Crippen LogP contribution in [0.5, 0.6) is 5.75 Å². The zero-order chi connectivity index (χ0) is 15.6. The lowest BCUT2D eigenvalue weighted by atomic mass is 10.1. The van der Waals surface area contributed by atoms with Crippen LogP contribution < -0.4 is 4.74 Å². The molecule has 23 heavy (non-hydrogen) atoms. The smallest absolute Gasteiger partial charge is 0.121 e. The van der Waals surface area contributed by atoms with Crippen molar-refractivity contribution >= 4 is 11.0 Å². The van der Waals surface area contributed by atoms with Gasteiger partial charge < -0.3 is 9.72 Å². The predicted octanol–water partition coefficient (Wildman–Crippen LogP) is 3.56. The van der Waals surface area contributed by atoms with Gasteiger partial charge in [0.25, 0.3) is 0 Å². The van der Waals surface area contributed by atoms with E-state index in [4.69, 9.17) is 9.72 Å². The molecule has 1 atom stereocenters. The van der Waals surface area contributed by atoms with Crippen molar-refractivity contribution in [1.82, 2.24) is 14.9 Å². The Hall–Kier alpha value is -2.33. The van der Waals surface area contributed by atoms with E-state index >= 15 is 0 Å². The van der Waals surface area contributed by atoms with E-state index in [0.29, 0.717) is 5.92 Å². The lowest BCUT2D eigenvalue weighted by Gasteiger charge is -2.15. The van der Waals surface area contributed by atoms with Crippen LogP contribution in [0.2, 0.25) is 0 Å². The number of nitrogens with zero attached hydrogens (tertiary/aromatic N) is 2. The molecule has 2 aromatic carbocycles. The molecule has 0 bridgehead atoms. The van der Waals surface area contributed by atoms with Crippen LogP contribution >= 0.6 is 0 Å². The third-order valence-electron chi connectivity index (χ3n) is 4.62. The molecule has 3 aromatic rings. The lowest BCUT2D eigenvalue weighted by molar-refractivity contribution is 0.326. The summed E-state index contributed by atoms with van der Waals surface area (Å²) in [5.74, 6) is 2.45. The molecule has 1 aliphatic heterocycles. The Morgan fingerprint density at radius 3 is 2.91 bits per heavy atom. The Labute approximate surface area is 136 Å². The van der Waals surface area contributed by atoms with E-state index in [-0.39, 0.29) is 0 Å². The van der Waals surface area contributed by atoms with Gasteiger partial charge in [-0.2, -0.15) is 0 Å². The van der Waals surface area contributed by atoms with Crippen LogP contribution in [-0.2, 0) is 6.54 Å². The van der Waals surface area contributed by atoms with Gasteiger partial charge >= 0.3 is 0 Å². The molecule has 0 saturated carbocycles. The second kappa shape index (κ2) is 6.05. The van der Waals surface area contributed by atoms with Crippen molar-refractivity contribution in [3.05, 3.63) is 59.9 Å². The number of H-pyrrole nitrogens is 1. The van der Waals surface area contributed by atoms with E-state index in [1.807, 2.05) is 18.2 Å². The standard InChI is InChI=1S/C19H21N3O/c1-23-16-7-8-17-18(11-16)21-19(20-17)15-9-10-22(13-15)12-14-5-3-2-4-6-14/h2-8,11,15H,9-10,12-13H2,1H3,(H,20,21)/t15-/m0/s1. The molecule has 0 unspecified atom stereocenters. The molecule has 1 aromatic heterocycles. The van der Waals surface area contributed by atoms with E-state index in [1.165, 1.54) is 5.56 Å². The third-order valence-corrected chi connectivity index (χ3v) is 4.62. The number of methoxy groups -OCH3 is 1. The van der Waals surface area contributed by atoms with Crippen LogP contribution in [0, 0.1) is 0 Å². The molecule has 4 nitrogen and oxygen atoms in total.